The van der Waals surface area contributed by atoms with Crippen LogP contribution in [0.5, 0.6) is 0 Å². The van der Waals surface area contributed by atoms with Gasteiger partial charge < -0.3 is 10.1 Å². The second-order valence-corrected chi connectivity index (χ2v) is 5.50. The summed E-state index contributed by atoms with van der Waals surface area (Å²) in [6, 6.07) is 4.22. The van der Waals surface area contributed by atoms with Crippen molar-refractivity contribution in [3.8, 4) is 0 Å². The van der Waals surface area contributed by atoms with E-state index in [0.717, 1.165) is 4.90 Å². The van der Waals surface area contributed by atoms with E-state index in [0.29, 0.717) is 0 Å². The van der Waals surface area contributed by atoms with Crippen LogP contribution < -0.4 is 5.32 Å². The summed E-state index contributed by atoms with van der Waals surface area (Å²) in [6.07, 6.45) is 0. The normalized spacial score (nSPS) is 13.9. The van der Waals surface area contributed by atoms with Crippen LogP contribution in [0.3, 0.4) is 0 Å². The number of imide groups is 1. The van der Waals surface area contributed by atoms with Gasteiger partial charge in [-0.25, -0.2) is 4.79 Å². The van der Waals surface area contributed by atoms with E-state index in [9.17, 15) is 19.2 Å². The highest BCUT2D eigenvalue weighted by Gasteiger charge is 2.34. The van der Waals surface area contributed by atoms with E-state index in [1.54, 1.807) is 0 Å². The van der Waals surface area contributed by atoms with Gasteiger partial charge in [-0.1, -0.05) is 0 Å². The Morgan fingerprint density at radius 3 is 2.32 bits per heavy atom. The first-order valence-electron chi connectivity index (χ1n) is 6.56. The number of nitrogens with zero attached hydrogens (tertiary/aromatic N) is 1. The molecule has 0 unspecified atom stereocenters. The summed E-state index contributed by atoms with van der Waals surface area (Å²) in [4.78, 5) is 48.5. The fourth-order valence-corrected chi connectivity index (χ4v) is 2.16. The smallest absolute Gasteiger partial charge is 0.330 e. The standard InChI is InChI=1S/C15H16N2O5/c1-15(2,14(21)22-4)16-11(18)8-5-6-9-10(7-8)13(20)17(3)12(9)19/h5-7H,1-4H3,(H,16,18). The lowest BCUT2D eigenvalue weighted by Gasteiger charge is -2.23. The lowest BCUT2D eigenvalue weighted by atomic mass is 10.0. The number of esters is 1. The molecule has 1 aliphatic rings. The van der Waals surface area contributed by atoms with Gasteiger partial charge in [0.2, 0.25) is 0 Å². The third kappa shape index (κ3) is 2.45. The number of amides is 3. The van der Waals surface area contributed by atoms with E-state index < -0.39 is 29.2 Å². The molecule has 0 aliphatic carbocycles. The van der Waals surface area contributed by atoms with Crippen LogP contribution in [0, 0.1) is 0 Å². The molecule has 0 radical (unpaired) electrons. The fourth-order valence-electron chi connectivity index (χ4n) is 2.16. The second kappa shape index (κ2) is 5.25. The van der Waals surface area contributed by atoms with Crippen molar-refractivity contribution in [2.75, 3.05) is 14.2 Å². The van der Waals surface area contributed by atoms with Crippen molar-refractivity contribution in [2.45, 2.75) is 19.4 Å². The molecule has 116 valence electrons. The second-order valence-electron chi connectivity index (χ2n) is 5.50. The maximum Gasteiger partial charge on any atom is 0.330 e. The van der Waals surface area contributed by atoms with Gasteiger partial charge in [-0.2, -0.15) is 0 Å². The monoisotopic (exact) mass is 304 g/mol. The molecule has 3 amide bonds. The zero-order valence-electron chi connectivity index (χ0n) is 12.7. The molecule has 1 N–H and O–H groups in total. The van der Waals surface area contributed by atoms with Crippen molar-refractivity contribution < 1.29 is 23.9 Å². The predicted octanol–water partition coefficient (Wildman–Crippen LogP) is 0.594. The Morgan fingerprint density at radius 2 is 1.73 bits per heavy atom. The molecule has 1 aromatic rings. The topological polar surface area (TPSA) is 92.8 Å². The van der Waals surface area contributed by atoms with Crippen LogP contribution in [-0.4, -0.2) is 48.3 Å². The van der Waals surface area contributed by atoms with Gasteiger partial charge in [-0.15, -0.1) is 0 Å². The minimum Gasteiger partial charge on any atom is -0.467 e. The third-order valence-corrected chi connectivity index (χ3v) is 3.47. The Balaban J connectivity index is 2.29. The number of carbonyl (C=O) groups excluding carboxylic acids is 4. The molecule has 7 nitrogen and oxygen atoms in total. The Morgan fingerprint density at radius 1 is 1.14 bits per heavy atom. The van der Waals surface area contributed by atoms with Crippen molar-refractivity contribution in [1.82, 2.24) is 10.2 Å². The van der Waals surface area contributed by atoms with Gasteiger partial charge in [-0.05, 0) is 32.0 Å². The Labute approximate surface area is 127 Å². The summed E-state index contributed by atoms with van der Waals surface area (Å²) >= 11 is 0. The molecule has 22 heavy (non-hydrogen) atoms. The molecular weight excluding hydrogens is 288 g/mol. The number of fused-ring (bicyclic) bond motifs is 1. The molecule has 2 rings (SSSR count). The van der Waals surface area contributed by atoms with Gasteiger partial charge in [0.05, 0.1) is 18.2 Å². The van der Waals surface area contributed by atoms with Crippen molar-refractivity contribution in [2.24, 2.45) is 0 Å². The maximum atomic E-state index is 12.2. The maximum absolute atomic E-state index is 12.2. The number of hydrogen-bond acceptors (Lipinski definition) is 5. The zero-order chi connectivity index (χ0) is 16.7. The number of benzene rings is 1. The number of hydrogen-bond donors (Lipinski definition) is 1. The molecule has 0 bridgehead atoms. The first kappa shape index (κ1) is 15.7. The predicted molar refractivity (Wildman–Crippen MR) is 76.4 cm³/mol. The van der Waals surface area contributed by atoms with Crippen LogP contribution in [0.1, 0.15) is 44.9 Å². The molecule has 0 saturated heterocycles. The average Bonchev–Trinajstić information content (AvgIpc) is 2.70. The quantitative estimate of drug-likeness (QED) is 0.652. The summed E-state index contributed by atoms with van der Waals surface area (Å²) in [6.45, 7) is 3.01. The van der Waals surface area contributed by atoms with Gasteiger partial charge in [0.1, 0.15) is 5.54 Å². The molecule has 1 aromatic carbocycles. The first-order chi connectivity index (χ1) is 10.2. The van der Waals surface area contributed by atoms with E-state index in [2.05, 4.69) is 10.1 Å². The summed E-state index contributed by atoms with van der Waals surface area (Å²) in [5, 5.41) is 2.53. The Kier molecular flexibility index (Phi) is 3.74. The zero-order valence-corrected chi connectivity index (χ0v) is 12.7. The molecule has 0 fully saturated rings. The molecule has 0 atom stereocenters. The third-order valence-electron chi connectivity index (χ3n) is 3.47. The van der Waals surface area contributed by atoms with Crippen LogP contribution in [0.25, 0.3) is 0 Å². The Hall–Kier alpha value is -2.70. The van der Waals surface area contributed by atoms with Gasteiger partial charge in [0.15, 0.2) is 0 Å². The van der Waals surface area contributed by atoms with Gasteiger partial charge in [-0.3, -0.25) is 19.3 Å². The fraction of sp³-hybridized carbons (Fsp3) is 0.333. The minimum absolute atomic E-state index is 0.177. The highest BCUT2D eigenvalue weighted by Crippen LogP contribution is 2.23. The van der Waals surface area contributed by atoms with Crippen LogP contribution in [0.15, 0.2) is 18.2 Å². The average molecular weight is 304 g/mol. The number of methoxy groups -OCH3 is 1. The van der Waals surface area contributed by atoms with Crippen molar-refractivity contribution in [1.29, 1.82) is 0 Å². The molecule has 1 aliphatic heterocycles. The molecular formula is C15H16N2O5. The van der Waals surface area contributed by atoms with Crippen molar-refractivity contribution in [3.05, 3.63) is 34.9 Å². The number of nitrogens with one attached hydrogen (secondary N) is 1. The highest BCUT2D eigenvalue weighted by atomic mass is 16.5. The van der Waals surface area contributed by atoms with E-state index in [4.69, 9.17) is 0 Å². The van der Waals surface area contributed by atoms with Crippen LogP contribution >= 0.6 is 0 Å². The summed E-state index contributed by atoms with van der Waals surface area (Å²) < 4.78 is 4.61. The summed E-state index contributed by atoms with van der Waals surface area (Å²) in [7, 11) is 2.61. The summed E-state index contributed by atoms with van der Waals surface area (Å²) in [5.74, 6) is -1.98. The molecule has 0 spiro atoms. The van der Waals surface area contributed by atoms with Gasteiger partial charge in [0, 0.05) is 12.6 Å². The minimum atomic E-state index is -1.21. The number of carbonyl (C=O) groups is 4. The molecule has 1 heterocycles. The Bertz CT molecular complexity index is 693. The van der Waals surface area contributed by atoms with E-state index in [1.165, 1.54) is 46.2 Å². The SMILES string of the molecule is COC(=O)C(C)(C)NC(=O)c1ccc2c(c1)C(=O)N(C)C2=O. The van der Waals surface area contributed by atoms with Crippen LogP contribution in [0.2, 0.25) is 0 Å². The molecule has 0 saturated carbocycles. The van der Waals surface area contributed by atoms with Crippen LogP contribution in [-0.2, 0) is 9.53 Å². The lowest BCUT2D eigenvalue weighted by molar-refractivity contribution is -0.146. The van der Waals surface area contributed by atoms with Crippen molar-refractivity contribution >= 4 is 23.7 Å². The number of ether oxygens (including phenoxy) is 1. The number of rotatable bonds is 3. The molecule has 7 heteroatoms. The largest absolute Gasteiger partial charge is 0.467 e. The van der Waals surface area contributed by atoms with Gasteiger partial charge >= 0.3 is 5.97 Å². The lowest BCUT2D eigenvalue weighted by Crippen LogP contribution is -2.50. The van der Waals surface area contributed by atoms with E-state index in [1.807, 2.05) is 0 Å². The first-order valence-corrected chi connectivity index (χ1v) is 6.56. The highest BCUT2D eigenvalue weighted by molar-refractivity contribution is 6.21. The van der Waals surface area contributed by atoms with Crippen molar-refractivity contribution in [3.63, 3.8) is 0 Å². The van der Waals surface area contributed by atoms with E-state index in [-0.39, 0.29) is 16.7 Å². The van der Waals surface area contributed by atoms with Gasteiger partial charge in [0.25, 0.3) is 17.7 Å². The van der Waals surface area contributed by atoms with E-state index >= 15 is 0 Å². The summed E-state index contributed by atoms with van der Waals surface area (Å²) in [5.41, 5.74) is -0.582. The molecule has 0 aromatic heterocycles. The van der Waals surface area contributed by atoms with Crippen LogP contribution in [0.4, 0.5) is 0 Å².